The number of ether oxygens (including phenoxy) is 1. The predicted octanol–water partition coefficient (Wildman–Crippen LogP) is 1.20. The molecule has 0 atom stereocenters. The molecule has 14 heavy (non-hydrogen) atoms. The maximum absolute atomic E-state index is 11.4. The normalized spacial score (nSPS) is 17.5. The van der Waals surface area contributed by atoms with Crippen LogP contribution in [0, 0.1) is 5.92 Å². The van der Waals surface area contributed by atoms with Crippen molar-refractivity contribution in [2.24, 2.45) is 5.92 Å². The zero-order valence-electron chi connectivity index (χ0n) is 8.54. The van der Waals surface area contributed by atoms with Gasteiger partial charge in [-0.1, -0.05) is 19.3 Å². The van der Waals surface area contributed by atoms with Gasteiger partial charge in [0.1, 0.15) is 0 Å². The lowest BCUT2D eigenvalue weighted by Crippen LogP contribution is -2.28. The zero-order chi connectivity index (χ0) is 10.4. The lowest BCUT2D eigenvalue weighted by atomic mass is 9.89. The van der Waals surface area contributed by atoms with E-state index in [2.05, 4.69) is 5.32 Å². The number of nitrogens with one attached hydrogen (secondary N) is 1. The van der Waals surface area contributed by atoms with Gasteiger partial charge in [0, 0.05) is 6.92 Å². The van der Waals surface area contributed by atoms with Gasteiger partial charge in [0.25, 0.3) is 0 Å². The second-order valence-electron chi connectivity index (χ2n) is 3.68. The van der Waals surface area contributed by atoms with E-state index in [0.717, 1.165) is 25.7 Å². The van der Waals surface area contributed by atoms with Gasteiger partial charge in [0.2, 0.25) is 5.91 Å². The SMILES string of the molecule is CC(=O)NCOC(=O)C1CCCCC1. The molecule has 0 radical (unpaired) electrons. The molecule has 0 aromatic rings. The third kappa shape index (κ3) is 3.77. The van der Waals surface area contributed by atoms with Crippen LogP contribution >= 0.6 is 0 Å². The van der Waals surface area contributed by atoms with Gasteiger partial charge in [-0.15, -0.1) is 0 Å². The van der Waals surface area contributed by atoms with Crippen LogP contribution in [0.4, 0.5) is 0 Å². The minimum atomic E-state index is -0.179. The minimum Gasteiger partial charge on any atom is -0.444 e. The van der Waals surface area contributed by atoms with E-state index in [-0.39, 0.29) is 24.5 Å². The first-order valence-electron chi connectivity index (χ1n) is 5.11. The molecular formula is C10H17NO3. The number of hydrogen-bond donors (Lipinski definition) is 1. The molecule has 0 unspecified atom stereocenters. The van der Waals surface area contributed by atoms with Gasteiger partial charge in [-0.25, -0.2) is 0 Å². The van der Waals surface area contributed by atoms with Gasteiger partial charge in [-0.3, -0.25) is 9.59 Å². The number of esters is 1. The van der Waals surface area contributed by atoms with Gasteiger partial charge >= 0.3 is 5.97 Å². The van der Waals surface area contributed by atoms with Gasteiger partial charge in [-0.05, 0) is 12.8 Å². The Morgan fingerprint density at radius 1 is 1.29 bits per heavy atom. The van der Waals surface area contributed by atoms with E-state index in [0.29, 0.717) is 0 Å². The molecule has 1 amide bonds. The summed E-state index contributed by atoms with van der Waals surface area (Å²) in [4.78, 5) is 21.9. The maximum atomic E-state index is 11.4. The van der Waals surface area contributed by atoms with Crippen LogP contribution in [0.15, 0.2) is 0 Å². The predicted molar refractivity (Wildman–Crippen MR) is 51.4 cm³/mol. The monoisotopic (exact) mass is 199 g/mol. The van der Waals surface area contributed by atoms with Crippen LogP contribution in [0.1, 0.15) is 39.0 Å². The number of hydrogen-bond acceptors (Lipinski definition) is 3. The molecule has 1 aliphatic rings. The first-order valence-corrected chi connectivity index (χ1v) is 5.11. The van der Waals surface area contributed by atoms with E-state index >= 15 is 0 Å². The second kappa shape index (κ2) is 5.62. The fourth-order valence-corrected chi connectivity index (χ4v) is 1.66. The first-order chi connectivity index (χ1) is 6.70. The number of amides is 1. The Labute approximate surface area is 84.0 Å². The minimum absolute atomic E-state index is 0.00463. The third-order valence-corrected chi connectivity index (χ3v) is 2.47. The van der Waals surface area contributed by atoms with Gasteiger partial charge in [0.15, 0.2) is 6.73 Å². The summed E-state index contributed by atoms with van der Waals surface area (Å²) >= 11 is 0. The third-order valence-electron chi connectivity index (χ3n) is 2.47. The van der Waals surface area contributed by atoms with E-state index in [9.17, 15) is 9.59 Å². The Bertz CT molecular complexity index is 209. The highest BCUT2D eigenvalue weighted by Gasteiger charge is 2.22. The highest BCUT2D eigenvalue weighted by atomic mass is 16.5. The Balaban J connectivity index is 2.16. The second-order valence-corrected chi connectivity index (χ2v) is 3.68. The van der Waals surface area contributed by atoms with Crippen LogP contribution in [-0.2, 0) is 14.3 Å². The Morgan fingerprint density at radius 3 is 2.50 bits per heavy atom. The standard InChI is InChI=1S/C10H17NO3/c1-8(12)11-7-14-10(13)9-5-3-2-4-6-9/h9H,2-7H2,1H3,(H,11,12). The molecule has 0 aliphatic heterocycles. The number of carbonyl (C=O) groups excluding carboxylic acids is 2. The van der Waals surface area contributed by atoms with Gasteiger partial charge in [0.05, 0.1) is 5.92 Å². The molecule has 1 rings (SSSR count). The zero-order valence-corrected chi connectivity index (χ0v) is 8.54. The molecule has 4 heteroatoms. The van der Waals surface area contributed by atoms with E-state index in [1.807, 2.05) is 0 Å². The molecular weight excluding hydrogens is 182 g/mol. The molecule has 0 bridgehead atoms. The molecule has 0 heterocycles. The Hall–Kier alpha value is -1.06. The van der Waals surface area contributed by atoms with Crippen molar-refractivity contribution in [2.75, 3.05) is 6.73 Å². The topological polar surface area (TPSA) is 55.4 Å². The summed E-state index contributed by atoms with van der Waals surface area (Å²) in [5.74, 6) is -0.294. The van der Waals surface area contributed by atoms with Crippen molar-refractivity contribution >= 4 is 11.9 Å². The molecule has 1 fully saturated rings. The lowest BCUT2D eigenvalue weighted by Gasteiger charge is -2.19. The van der Waals surface area contributed by atoms with Crippen LogP contribution in [-0.4, -0.2) is 18.6 Å². The highest BCUT2D eigenvalue weighted by Crippen LogP contribution is 2.24. The molecule has 0 aromatic carbocycles. The molecule has 4 nitrogen and oxygen atoms in total. The quantitative estimate of drug-likeness (QED) is 0.549. The highest BCUT2D eigenvalue weighted by molar-refractivity contribution is 5.74. The van der Waals surface area contributed by atoms with Crippen molar-refractivity contribution < 1.29 is 14.3 Å². The molecule has 0 saturated heterocycles. The Kier molecular flexibility index (Phi) is 4.43. The van der Waals surface area contributed by atoms with Crippen molar-refractivity contribution in [2.45, 2.75) is 39.0 Å². The summed E-state index contributed by atoms with van der Waals surface area (Å²) in [5, 5.41) is 2.43. The Morgan fingerprint density at radius 2 is 1.93 bits per heavy atom. The summed E-state index contributed by atoms with van der Waals surface area (Å²) in [6.45, 7) is 1.40. The van der Waals surface area contributed by atoms with Crippen LogP contribution in [0.25, 0.3) is 0 Å². The molecule has 1 N–H and O–H groups in total. The summed E-state index contributed by atoms with van der Waals surface area (Å²) in [5.41, 5.74) is 0. The van der Waals surface area contributed by atoms with E-state index in [4.69, 9.17) is 4.74 Å². The van der Waals surface area contributed by atoms with E-state index in [1.54, 1.807) is 0 Å². The molecule has 80 valence electrons. The smallest absolute Gasteiger partial charge is 0.310 e. The van der Waals surface area contributed by atoms with Crippen molar-refractivity contribution in [1.29, 1.82) is 0 Å². The molecule has 0 spiro atoms. The maximum Gasteiger partial charge on any atom is 0.310 e. The van der Waals surface area contributed by atoms with Crippen LogP contribution in [0.5, 0.6) is 0 Å². The average molecular weight is 199 g/mol. The number of carbonyl (C=O) groups is 2. The van der Waals surface area contributed by atoms with Crippen molar-refractivity contribution in [3.63, 3.8) is 0 Å². The lowest BCUT2D eigenvalue weighted by molar-refractivity contribution is -0.151. The van der Waals surface area contributed by atoms with Crippen LogP contribution in [0.2, 0.25) is 0 Å². The van der Waals surface area contributed by atoms with Crippen molar-refractivity contribution in [1.82, 2.24) is 5.32 Å². The fourth-order valence-electron chi connectivity index (χ4n) is 1.66. The van der Waals surface area contributed by atoms with Crippen LogP contribution < -0.4 is 5.32 Å². The summed E-state index contributed by atoms with van der Waals surface area (Å²) in [7, 11) is 0. The van der Waals surface area contributed by atoms with Crippen molar-refractivity contribution in [3.05, 3.63) is 0 Å². The largest absolute Gasteiger partial charge is 0.444 e. The summed E-state index contributed by atoms with van der Waals surface area (Å²) in [6.07, 6.45) is 5.30. The van der Waals surface area contributed by atoms with Gasteiger partial charge < -0.3 is 10.1 Å². The molecule has 0 aromatic heterocycles. The molecule has 1 saturated carbocycles. The average Bonchev–Trinajstić information content (AvgIpc) is 2.18. The van der Waals surface area contributed by atoms with E-state index in [1.165, 1.54) is 13.3 Å². The van der Waals surface area contributed by atoms with Crippen molar-refractivity contribution in [3.8, 4) is 0 Å². The molecule has 1 aliphatic carbocycles. The van der Waals surface area contributed by atoms with Crippen LogP contribution in [0.3, 0.4) is 0 Å². The fraction of sp³-hybridized carbons (Fsp3) is 0.800. The summed E-state index contributed by atoms with van der Waals surface area (Å²) in [6, 6.07) is 0. The number of rotatable bonds is 3. The summed E-state index contributed by atoms with van der Waals surface area (Å²) < 4.78 is 4.92. The van der Waals surface area contributed by atoms with Gasteiger partial charge in [-0.2, -0.15) is 0 Å². The van der Waals surface area contributed by atoms with E-state index < -0.39 is 0 Å². The first kappa shape index (κ1) is 11.0.